The van der Waals surface area contributed by atoms with Gasteiger partial charge in [0.25, 0.3) is 5.91 Å². The number of rotatable bonds is 15. The molecule has 0 bridgehead atoms. The minimum Gasteiger partial charge on any atom is -0.493 e. The smallest absolute Gasteiger partial charge is 0.254 e. The van der Waals surface area contributed by atoms with Crippen molar-refractivity contribution < 1.29 is 23.8 Å². The molecule has 0 aliphatic heterocycles. The van der Waals surface area contributed by atoms with Crippen molar-refractivity contribution in [1.29, 1.82) is 0 Å². The first-order valence-corrected chi connectivity index (χ1v) is 14.4. The molecular weight excluding hydrogens is 530 g/mol. The molecule has 0 atom stereocenters. The number of carbonyl (C=O) groups excluding carboxylic acids is 2. The number of nitrogens with one attached hydrogen (secondary N) is 1. The van der Waals surface area contributed by atoms with Crippen molar-refractivity contribution in [2.45, 2.75) is 32.7 Å². The molecule has 2 amide bonds. The van der Waals surface area contributed by atoms with Crippen LogP contribution in [-0.4, -0.2) is 74.2 Å². The number of para-hydroxylation sites is 1. The van der Waals surface area contributed by atoms with Crippen molar-refractivity contribution in [2.24, 2.45) is 0 Å². The van der Waals surface area contributed by atoms with Gasteiger partial charge in [-0.25, -0.2) is 0 Å². The Kier molecular flexibility index (Phi) is 11.0. The zero-order valence-corrected chi connectivity index (χ0v) is 25.0. The molecule has 8 heteroatoms. The average Bonchev–Trinajstić information content (AvgIpc) is 3.45. The zero-order chi connectivity index (χ0) is 29.9. The van der Waals surface area contributed by atoms with Crippen LogP contribution in [0.25, 0.3) is 10.9 Å². The van der Waals surface area contributed by atoms with Crippen LogP contribution in [0.15, 0.2) is 72.9 Å². The average molecular weight is 572 g/mol. The highest BCUT2D eigenvalue weighted by Crippen LogP contribution is 2.28. The fourth-order valence-electron chi connectivity index (χ4n) is 5.07. The monoisotopic (exact) mass is 571 g/mol. The molecule has 1 aromatic heterocycles. The summed E-state index contributed by atoms with van der Waals surface area (Å²) in [5, 5.41) is 1.14. The number of hydrogen-bond acceptors (Lipinski definition) is 5. The van der Waals surface area contributed by atoms with E-state index in [4.69, 9.17) is 14.2 Å². The predicted molar refractivity (Wildman–Crippen MR) is 165 cm³/mol. The van der Waals surface area contributed by atoms with Gasteiger partial charge in [0.2, 0.25) is 5.91 Å². The van der Waals surface area contributed by atoms with Crippen LogP contribution in [-0.2, 0) is 28.9 Å². The second kappa shape index (κ2) is 15.1. The van der Waals surface area contributed by atoms with Gasteiger partial charge >= 0.3 is 0 Å². The lowest BCUT2D eigenvalue weighted by Crippen LogP contribution is -2.44. The van der Waals surface area contributed by atoms with Crippen molar-refractivity contribution >= 4 is 22.7 Å². The first-order valence-electron chi connectivity index (χ1n) is 14.4. The largest absolute Gasteiger partial charge is 0.493 e. The summed E-state index contributed by atoms with van der Waals surface area (Å²) < 4.78 is 16.1. The molecule has 8 nitrogen and oxygen atoms in total. The molecule has 0 aliphatic rings. The SMILES string of the molecule is CCc1ccc(C(=O)N(CCCOC)CC(=O)N(CCc2c[nH]c3ccccc23)Cc2ccc(OC)c(OC)c2)cc1. The zero-order valence-electron chi connectivity index (χ0n) is 25.0. The van der Waals surface area contributed by atoms with Crippen LogP contribution in [0.5, 0.6) is 11.5 Å². The van der Waals surface area contributed by atoms with Crippen molar-refractivity contribution in [3.8, 4) is 11.5 Å². The Bertz CT molecular complexity index is 1460. The van der Waals surface area contributed by atoms with Crippen molar-refractivity contribution in [1.82, 2.24) is 14.8 Å². The highest BCUT2D eigenvalue weighted by Gasteiger charge is 2.23. The van der Waals surface area contributed by atoms with Crippen LogP contribution in [0.3, 0.4) is 0 Å². The Balaban J connectivity index is 1.58. The van der Waals surface area contributed by atoms with Gasteiger partial charge < -0.3 is 29.0 Å². The minimum absolute atomic E-state index is 0.0285. The topological polar surface area (TPSA) is 84.1 Å². The molecule has 0 spiro atoms. The predicted octanol–water partition coefficient (Wildman–Crippen LogP) is 5.50. The highest BCUT2D eigenvalue weighted by molar-refractivity contribution is 5.96. The van der Waals surface area contributed by atoms with E-state index in [2.05, 4.69) is 18.0 Å². The van der Waals surface area contributed by atoms with E-state index in [1.165, 1.54) is 0 Å². The Morgan fingerprint density at radius 3 is 2.29 bits per heavy atom. The third-order valence-corrected chi connectivity index (χ3v) is 7.50. The van der Waals surface area contributed by atoms with Gasteiger partial charge in [-0.1, -0.05) is 43.3 Å². The third kappa shape index (κ3) is 7.70. The molecule has 4 rings (SSSR count). The van der Waals surface area contributed by atoms with Gasteiger partial charge in [0.15, 0.2) is 11.5 Å². The van der Waals surface area contributed by atoms with Gasteiger partial charge in [0.1, 0.15) is 6.54 Å². The van der Waals surface area contributed by atoms with E-state index in [1.54, 1.807) is 26.2 Å². The molecule has 0 unspecified atom stereocenters. The molecule has 222 valence electrons. The van der Waals surface area contributed by atoms with Gasteiger partial charge in [-0.05, 0) is 66.3 Å². The van der Waals surface area contributed by atoms with Crippen LogP contribution in [0.2, 0.25) is 0 Å². The maximum atomic E-state index is 14.0. The number of benzene rings is 3. The van der Waals surface area contributed by atoms with Crippen LogP contribution < -0.4 is 9.47 Å². The number of aromatic amines is 1. The molecule has 0 fully saturated rings. The molecular formula is C34H41N3O5. The molecule has 0 saturated heterocycles. The summed E-state index contributed by atoms with van der Waals surface area (Å²) in [7, 11) is 4.83. The number of amides is 2. The molecule has 1 heterocycles. The lowest BCUT2D eigenvalue weighted by molar-refractivity contribution is -0.132. The number of H-pyrrole nitrogens is 1. The Labute approximate surface area is 248 Å². The summed E-state index contributed by atoms with van der Waals surface area (Å²) in [5.74, 6) is 0.943. The molecule has 0 radical (unpaired) electrons. The quantitative estimate of drug-likeness (QED) is 0.191. The maximum absolute atomic E-state index is 14.0. The first kappa shape index (κ1) is 30.7. The second-order valence-electron chi connectivity index (χ2n) is 10.2. The molecule has 3 aromatic carbocycles. The van der Waals surface area contributed by atoms with Gasteiger partial charge in [-0.3, -0.25) is 9.59 Å². The van der Waals surface area contributed by atoms with Gasteiger partial charge in [0, 0.05) is 56.0 Å². The van der Waals surface area contributed by atoms with Crippen LogP contribution in [0.4, 0.5) is 0 Å². The summed E-state index contributed by atoms with van der Waals surface area (Å²) >= 11 is 0. The number of aryl methyl sites for hydroxylation is 1. The second-order valence-corrected chi connectivity index (χ2v) is 10.2. The van der Waals surface area contributed by atoms with Crippen molar-refractivity contribution in [3.05, 3.63) is 95.2 Å². The van der Waals surface area contributed by atoms with Gasteiger partial charge in [0.05, 0.1) is 14.2 Å². The number of fused-ring (bicyclic) bond motifs is 1. The summed E-state index contributed by atoms with van der Waals surface area (Å²) in [6, 6.07) is 21.4. The van der Waals surface area contributed by atoms with E-state index in [-0.39, 0.29) is 18.4 Å². The number of ether oxygens (including phenoxy) is 3. The van der Waals surface area contributed by atoms with E-state index in [0.717, 1.165) is 34.0 Å². The summed E-state index contributed by atoms with van der Waals surface area (Å²) in [6.07, 6.45) is 4.20. The summed E-state index contributed by atoms with van der Waals surface area (Å²) in [6.45, 7) is 3.82. The Morgan fingerprint density at radius 2 is 1.57 bits per heavy atom. The number of carbonyl (C=O) groups is 2. The fourth-order valence-corrected chi connectivity index (χ4v) is 5.07. The van der Waals surface area contributed by atoms with Crippen LogP contribution in [0.1, 0.15) is 40.4 Å². The number of methoxy groups -OCH3 is 3. The van der Waals surface area contributed by atoms with Crippen LogP contribution >= 0.6 is 0 Å². The summed E-state index contributed by atoms with van der Waals surface area (Å²) in [5.41, 5.74) is 4.84. The normalized spacial score (nSPS) is 11.0. The standard InChI is InChI=1S/C34H41N3O5/c1-5-25-11-14-27(15-12-25)34(39)37(18-8-20-40-2)24-33(38)36(23-26-13-16-31(41-3)32(21-26)42-4)19-17-28-22-35-30-10-7-6-9-29(28)30/h6-7,9-16,21-22,35H,5,8,17-20,23-24H2,1-4H3. The first-order chi connectivity index (χ1) is 20.5. The van der Waals surface area contributed by atoms with Gasteiger partial charge in [-0.15, -0.1) is 0 Å². The summed E-state index contributed by atoms with van der Waals surface area (Å²) in [4.78, 5) is 34.3. The number of nitrogens with zero attached hydrogens (tertiary/aromatic N) is 2. The van der Waals surface area contributed by atoms with Crippen molar-refractivity contribution in [3.63, 3.8) is 0 Å². The molecule has 0 aliphatic carbocycles. The Morgan fingerprint density at radius 1 is 0.833 bits per heavy atom. The van der Waals surface area contributed by atoms with E-state index >= 15 is 0 Å². The van der Waals surface area contributed by atoms with Crippen LogP contribution in [0, 0.1) is 0 Å². The maximum Gasteiger partial charge on any atom is 0.254 e. The van der Waals surface area contributed by atoms with E-state index < -0.39 is 0 Å². The van der Waals surface area contributed by atoms with Gasteiger partial charge in [-0.2, -0.15) is 0 Å². The molecule has 4 aromatic rings. The molecule has 0 saturated carbocycles. The Hall–Kier alpha value is -4.30. The van der Waals surface area contributed by atoms with E-state index in [0.29, 0.717) is 56.1 Å². The lowest BCUT2D eigenvalue weighted by Gasteiger charge is -2.28. The highest BCUT2D eigenvalue weighted by atomic mass is 16.5. The molecule has 42 heavy (non-hydrogen) atoms. The third-order valence-electron chi connectivity index (χ3n) is 7.50. The van der Waals surface area contributed by atoms with Crippen molar-refractivity contribution in [2.75, 3.05) is 47.6 Å². The van der Waals surface area contributed by atoms with E-state index in [9.17, 15) is 9.59 Å². The van der Waals surface area contributed by atoms with E-state index in [1.807, 2.05) is 71.8 Å². The number of aromatic nitrogens is 1. The number of hydrogen-bond donors (Lipinski definition) is 1. The lowest BCUT2D eigenvalue weighted by atomic mass is 10.1. The minimum atomic E-state index is -0.162. The fraction of sp³-hybridized carbons (Fsp3) is 0.353. The molecule has 1 N–H and O–H groups in total.